The number of hydrogen-bond acceptors (Lipinski definition) is 1. The summed E-state index contributed by atoms with van der Waals surface area (Å²) in [6, 6.07) is 7.17. The maximum atomic E-state index is 6.04. The minimum absolute atomic E-state index is 0.676. The van der Waals surface area contributed by atoms with Gasteiger partial charge in [0, 0.05) is 11.7 Å². The molecule has 1 nitrogen and oxygen atoms in total. The molecule has 2 aliphatic carbocycles. The molecule has 0 amide bonds. The Kier molecular flexibility index (Phi) is 7.35. The summed E-state index contributed by atoms with van der Waals surface area (Å²) in [4.78, 5) is 0. The topological polar surface area (TPSA) is 12.0 Å². The number of hydrogen-bond donors (Lipinski definition) is 1. The zero-order valence-corrected chi connectivity index (χ0v) is 14.5. The zero-order chi connectivity index (χ0) is 15.8. The van der Waals surface area contributed by atoms with E-state index in [1.54, 1.807) is 0 Å². The molecule has 2 heteroatoms. The van der Waals surface area contributed by atoms with Crippen molar-refractivity contribution in [1.82, 2.24) is 0 Å². The fraction of sp³-hybridized carbons (Fsp3) is 0.700. The number of nitrogens with one attached hydrogen (secondary N) is 1. The quantitative estimate of drug-likeness (QED) is 0.747. The first-order chi connectivity index (χ1) is 10.8. The van der Waals surface area contributed by atoms with E-state index in [2.05, 4.69) is 23.5 Å². The second-order valence-corrected chi connectivity index (χ2v) is 6.66. The van der Waals surface area contributed by atoms with Gasteiger partial charge in [-0.2, -0.15) is 0 Å². The van der Waals surface area contributed by atoms with Crippen LogP contribution in [0.15, 0.2) is 18.2 Å². The largest absolute Gasteiger partial charge is 0.382 e. The highest BCUT2D eigenvalue weighted by atomic mass is 14.9. The molecule has 0 heterocycles. The number of anilines is 1. The highest BCUT2D eigenvalue weighted by Gasteiger charge is 2.20. The molecular formula is C20H32BN. The minimum atomic E-state index is 0.676. The highest BCUT2D eigenvalue weighted by Crippen LogP contribution is 2.36. The van der Waals surface area contributed by atoms with Gasteiger partial charge in [0.15, 0.2) is 0 Å². The predicted molar refractivity (Wildman–Crippen MR) is 99.5 cm³/mol. The van der Waals surface area contributed by atoms with Gasteiger partial charge >= 0.3 is 0 Å². The van der Waals surface area contributed by atoms with Gasteiger partial charge in [0.1, 0.15) is 7.85 Å². The second kappa shape index (κ2) is 9.27. The van der Waals surface area contributed by atoms with E-state index in [0.717, 1.165) is 11.4 Å². The zero-order valence-electron chi connectivity index (χ0n) is 14.5. The van der Waals surface area contributed by atoms with Crippen LogP contribution in [0.25, 0.3) is 0 Å². The molecule has 0 atom stereocenters. The standard InChI is InChI=1S/C18H26BN.C2H6/c19-15-11-12-18(20-16-9-5-2-6-10-16)17(13-15)14-7-3-1-4-8-14;1-2/h11-14,16,20H,1-10H2;1-2H3. The molecule has 0 bridgehead atoms. The Hall–Kier alpha value is -0.915. The molecule has 1 aromatic rings. The van der Waals surface area contributed by atoms with Crippen LogP contribution < -0.4 is 10.8 Å². The SMILES string of the molecule is CC.[B]c1ccc(NC2CCCCC2)c(C2CCCCC2)c1. The molecule has 22 heavy (non-hydrogen) atoms. The summed E-state index contributed by atoms with van der Waals surface area (Å²) in [6.45, 7) is 4.00. The van der Waals surface area contributed by atoms with E-state index in [1.165, 1.54) is 75.5 Å². The highest BCUT2D eigenvalue weighted by molar-refractivity contribution is 6.32. The van der Waals surface area contributed by atoms with Crippen LogP contribution in [0.5, 0.6) is 0 Å². The molecule has 1 N–H and O–H groups in total. The third kappa shape index (κ3) is 4.79. The fourth-order valence-electron chi connectivity index (χ4n) is 3.93. The summed E-state index contributed by atoms with van der Waals surface area (Å²) in [5.74, 6) is 0.721. The summed E-state index contributed by atoms with van der Waals surface area (Å²) >= 11 is 0. The Bertz CT molecular complexity index is 431. The molecule has 0 saturated heterocycles. The van der Waals surface area contributed by atoms with Gasteiger partial charge in [-0.05, 0) is 43.2 Å². The predicted octanol–water partition coefficient (Wildman–Crippen LogP) is 5.30. The first-order valence-corrected chi connectivity index (χ1v) is 9.49. The summed E-state index contributed by atoms with van der Waals surface area (Å²) < 4.78 is 0. The van der Waals surface area contributed by atoms with E-state index in [1.807, 2.05) is 13.8 Å². The van der Waals surface area contributed by atoms with E-state index in [-0.39, 0.29) is 0 Å². The van der Waals surface area contributed by atoms with Gasteiger partial charge in [0.05, 0.1) is 0 Å². The van der Waals surface area contributed by atoms with Gasteiger partial charge in [-0.1, -0.05) is 70.0 Å². The lowest BCUT2D eigenvalue weighted by molar-refractivity contribution is 0.441. The summed E-state index contributed by atoms with van der Waals surface area (Å²) in [7, 11) is 6.04. The Morgan fingerprint density at radius 2 is 1.45 bits per heavy atom. The first-order valence-electron chi connectivity index (χ1n) is 9.49. The summed E-state index contributed by atoms with van der Waals surface area (Å²) in [5, 5.41) is 3.82. The van der Waals surface area contributed by atoms with Crippen LogP contribution in [0.1, 0.15) is 89.5 Å². The lowest BCUT2D eigenvalue weighted by Crippen LogP contribution is -2.24. The fourth-order valence-corrected chi connectivity index (χ4v) is 3.93. The van der Waals surface area contributed by atoms with Gasteiger partial charge in [-0.15, -0.1) is 0 Å². The molecule has 3 rings (SSSR count). The maximum Gasteiger partial charge on any atom is 0.113 e. The van der Waals surface area contributed by atoms with Gasteiger partial charge in [0.2, 0.25) is 0 Å². The van der Waals surface area contributed by atoms with Crippen molar-refractivity contribution in [1.29, 1.82) is 0 Å². The van der Waals surface area contributed by atoms with Crippen LogP contribution in [0.2, 0.25) is 0 Å². The van der Waals surface area contributed by atoms with Gasteiger partial charge in [0.25, 0.3) is 0 Å². The third-order valence-corrected chi connectivity index (χ3v) is 5.09. The van der Waals surface area contributed by atoms with Crippen molar-refractivity contribution in [3.05, 3.63) is 23.8 Å². The Labute approximate surface area is 138 Å². The lowest BCUT2D eigenvalue weighted by Gasteiger charge is -2.29. The molecule has 0 aliphatic heterocycles. The molecule has 0 aromatic heterocycles. The molecule has 2 saturated carbocycles. The van der Waals surface area contributed by atoms with Gasteiger partial charge in [-0.25, -0.2) is 0 Å². The van der Waals surface area contributed by atoms with Crippen molar-refractivity contribution in [3.8, 4) is 0 Å². The van der Waals surface area contributed by atoms with Crippen LogP contribution in [-0.4, -0.2) is 13.9 Å². The number of benzene rings is 1. The van der Waals surface area contributed by atoms with Crippen molar-refractivity contribution in [2.45, 2.75) is 90.0 Å². The van der Waals surface area contributed by atoms with Crippen LogP contribution in [0.4, 0.5) is 5.69 Å². The summed E-state index contributed by atoms with van der Waals surface area (Å²) in [5.41, 5.74) is 3.76. The summed E-state index contributed by atoms with van der Waals surface area (Å²) in [6.07, 6.45) is 13.7. The van der Waals surface area contributed by atoms with E-state index in [9.17, 15) is 0 Å². The van der Waals surface area contributed by atoms with Crippen molar-refractivity contribution in [3.63, 3.8) is 0 Å². The monoisotopic (exact) mass is 297 g/mol. The van der Waals surface area contributed by atoms with Crippen LogP contribution in [-0.2, 0) is 0 Å². The van der Waals surface area contributed by atoms with Crippen LogP contribution in [0.3, 0.4) is 0 Å². The Morgan fingerprint density at radius 3 is 2.09 bits per heavy atom. The number of rotatable bonds is 3. The van der Waals surface area contributed by atoms with E-state index >= 15 is 0 Å². The van der Waals surface area contributed by atoms with Crippen molar-refractivity contribution in [2.24, 2.45) is 0 Å². The van der Waals surface area contributed by atoms with Crippen molar-refractivity contribution in [2.75, 3.05) is 5.32 Å². The second-order valence-electron chi connectivity index (χ2n) is 6.66. The Morgan fingerprint density at radius 1 is 0.864 bits per heavy atom. The third-order valence-electron chi connectivity index (χ3n) is 5.09. The Balaban J connectivity index is 0.000000847. The van der Waals surface area contributed by atoms with Gasteiger partial charge in [-0.3, -0.25) is 0 Å². The minimum Gasteiger partial charge on any atom is -0.382 e. The smallest absolute Gasteiger partial charge is 0.113 e. The first kappa shape index (κ1) is 17.4. The molecule has 120 valence electrons. The molecule has 0 spiro atoms. The van der Waals surface area contributed by atoms with Crippen molar-refractivity contribution >= 4 is 19.0 Å². The molecule has 2 radical (unpaired) electrons. The van der Waals surface area contributed by atoms with E-state index in [0.29, 0.717) is 6.04 Å². The van der Waals surface area contributed by atoms with Crippen LogP contribution in [0, 0.1) is 0 Å². The van der Waals surface area contributed by atoms with E-state index < -0.39 is 0 Å². The average molecular weight is 297 g/mol. The van der Waals surface area contributed by atoms with Gasteiger partial charge < -0.3 is 5.32 Å². The maximum absolute atomic E-state index is 6.04. The molecule has 2 aliphatic rings. The lowest BCUT2D eigenvalue weighted by atomic mass is 9.80. The van der Waals surface area contributed by atoms with Crippen LogP contribution >= 0.6 is 0 Å². The molecular weight excluding hydrogens is 265 g/mol. The van der Waals surface area contributed by atoms with Crippen molar-refractivity contribution < 1.29 is 0 Å². The molecule has 1 aromatic carbocycles. The molecule has 0 unspecified atom stereocenters. The average Bonchev–Trinajstić information content (AvgIpc) is 2.60. The normalized spacial score (nSPS) is 20.1. The van der Waals surface area contributed by atoms with E-state index in [4.69, 9.17) is 7.85 Å². The molecule has 2 fully saturated rings.